The standard InChI is InChI=1S/C14H13N3O4/c18-11-9-5-2-1-4-8(9)10(16-17-11)12(19)15-14(13(20)21)6-3-7-14/h1-2,4-5H,3,6-7H2,(H,15,19)(H,17,18)(H,20,21). The predicted molar refractivity (Wildman–Crippen MR) is 74.0 cm³/mol. The molecule has 1 fully saturated rings. The average molecular weight is 287 g/mol. The van der Waals surface area contributed by atoms with Gasteiger partial charge < -0.3 is 10.4 Å². The summed E-state index contributed by atoms with van der Waals surface area (Å²) in [6.45, 7) is 0. The fourth-order valence-electron chi connectivity index (χ4n) is 2.49. The number of nitrogens with zero attached hydrogens (tertiary/aromatic N) is 1. The number of carboxylic acids is 1. The Labute approximate surface area is 119 Å². The lowest BCUT2D eigenvalue weighted by Gasteiger charge is -2.38. The van der Waals surface area contributed by atoms with Gasteiger partial charge in [-0.1, -0.05) is 18.2 Å². The van der Waals surface area contributed by atoms with E-state index in [9.17, 15) is 19.5 Å². The van der Waals surface area contributed by atoms with Crippen LogP contribution in [0.5, 0.6) is 0 Å². The summed E-state index contributed by atoms with van der Waals surface area (Å²) in [5, 5.41) is 18.5. The lowest BCUT2D eigenvalue weighted by atomic mass is 9.76. The van der Waals surface area contributed by atoms with Gasteiger partial charge in [0.05, 0.1) is 5.39 Å². The molecule has 1 amide bonds. The van der Waals surface area contributed by atoms with Crippen LogP contribution in [-0.4, -0.2) is 32.7 Å². The minimum atomic E-state index is -1.21. The monoisotopic (exact) mass is 287 g/mol. The van der Waals surface area contributed by atoms with E-state index >= 15 is 0 Å². The Balaban J connectivity index is 2.01. The van der Waals surface area contributed by atoms with Crippen LogP contribution in [-0.2, 0) is 4.79 Å². The Morgan fingerprint density at radius 2 is 1.90 bits per heavy atom. The average Bonchev–Trinajstić information content (AvgIpc) is 2.43. The number of carbonyl (C=O) groups is 2. The topological polar surface area (TPSA) is 112 Å². The Hall–Kier alpha value is -2.70. The van der Waals surface area contributed by atoms with E-state index in [0.29, 0.717) is 23.6 Å². The molecule has 1 aromatic carbocycles. The van der Waals surface area contributed by atoms with Crippen molar-refractivity contribution in [2.75, 3.05) is 0 Å². The summed E-state index contributed by atoms with van der Waals surface area (Å²) in [6.07, 6.45) is 1.55. The van der Waals surface area contributed by atoms with Crippen LogP contribution < -0.4 is 10.9 Å². The van der Waals surface area contributed by atoms with Crippen LogP contribution in [0.25, 0.3) is 10.8 Å². The van der Waals surface area contributed by atoms with Gasteiger partial charge in [-0.25, -0.2) is 9.89 Å². The Morgan fingerprint density at radius 3 is 2.48 bits per heavy atom. The first-order valence-corrected chi connectivity index (χ1v) is 6.57. The fourth-order valence-corrected chi connectivity index (χ4v) is 2.49. The number of aliphatic carboxylic acids is 1. The SMILES string of the molecule is O=C(NC1(C(=O)O)CCC1)c1n[nH]c(=O)c2ccccc12. The Kier molecular flexibility index (Phi) is 2.97. The second kappa shape index (κ2) is 4.69. The number of carbonyl (C=O) groups excluding carboxylic acids is 1. The molecule has 0 unspecified atom stereocenters. The molecule has 1 saturated carbocycles. The molecule has 0 saturated heterocycles. The van der Waals surface area contributed by atoms with Crippen LogP contribution >= 0.6 is 0 Å². The highest BCUT2D eigenvalue weighted by Crippen LogP contribution is 2.32. The van der Waals surface area contributed by atoms with Gasteiger partial charge in [-0.3, -0.25) is 9.59 Å². The highest BCUT2D eigenvalue weighted by molar-refractivity contribution is 6.06. The van der Waals surface area contributed by atoms with Crippen molar-refractivity contribution in [2.24, 2.45) is 0 Å². The van der Waals surface area contributed by atoms with E-state index in [1.165, 1.54) is 0 Å². The molecule has 3 rings (SSSR count). The fraction of sp³-hybridized carbons (Fsp3) is 0.286. The van der Waals surface area contributed by atoms with E-state index in [4.69, 9.17) is 0 Å². The van der Waals surface area contributed by atoms with Crippen molar-refractivity contribution >= 4 is 22.6 Å². The zero-order valence-electron chi connectivity index (χ0n) is 11.0. The third-order valence-electron chi connectivity index (χ3n) is 3.88. The van der Waals surface area contributed by atoms with Gasteiger partial charge in [-0.05, 0) is 25.3 Å². The van der Waals surface area contributed by atoms with Crippen LogP contribution in [0.3, 0.4) is 0 Å². The van der Waals surface area contributed by atoms with E-state index in [-0.39, 0.29) is 5.69 Å². The number of fused-ring (bicyclic) bond motifs is 1. The number of amides is 1. The zero-order valence-corrected chi connectivity index (χ0v) is 11.0. The normalized spacial score (nSPS) is 16.2. The molecular formula is C14H13N3O4. The number of nitrogens with one attached hydrogen (secondary N) is 2. The molecule has 0 bridgehead atoms. The highest BCUT2D eigenvalue weighted by atomic mass is 16.4. The van der Waals surface area contributed by atoms with Crippen LogP contribution in [0.1, 0.15) is 29.8 Å². The summed E-state index contributed by atoms with van der Waals surface area (Å²) in [6, 6.07) is 6.57. The minimum absolute atomic E-state index is 0.0257. The zero-order chi connectivity index (χ0) is 15.0. The second-order valence-electron chi connectivity index (χ2n) is 5.14. The van der Waals surface area contributed by atoms with E-state index in [1.807, 2.05) is 0 Å². The van der Waals surface area contributed by atoms with E-state index < -0.39 is 23.0 Å². The molecule has 3 N–H and O–H groups in total. The van der Waals surface area contributed by atoms with Crippen LogP contribution in [0.4, 0.5) is 0 Å². The highest BCUT2D eigenvalue weighted by Gasteiger charge is 2.46. The van der Waals surface area contributed by atoms with Crippen LogP contribution in [0, 0.1) is 0 Å². The third kappa shape index (κ3) is 2.06. The number of hydrogen-bond acceptors (Lipinski definition) is 4. The molecule has 1 aliphatic carbocycles. The molecular weight excluding hydrogens is 274 g/mol. The number of rotatable bonds is 3. The van der Waals surface area contributed by atoms with Crippen molar-refractivity contribution in [3.63, 3.8) is 0 Å². The number of H-pyrrole nitrogens is 1. The Bertz CT molecular complexity index is 792. The maximum absolute atomic E-state index is 12.3. The smallest absolute Gasteiger partial charge is 0.329 e. The second-order valence-corrected chi connectivity index (χ2v) is 5.14. The van der Waals surface area contributed by atoms with Crippen molar-refractivity contribution in [3.8, 4) is 0 Å². The van der Waals surface area contributed by atoms with Gasteiger partial charge in [0.1, 0.15) is 5.54 Å². The first-order chi connectivity index (χ1) is 10.0. The Morgan fingerprint density at radius 1 is 1.24 bits per heavy atom. The van der Waals surface area contributed by atoms with Gasteiger partial charge in [0.2, 0.25) is 0 Å². The number of aromatic nitrogens is 2. The molecule has 7 heteroatoms. The maximum atomic E-state index is 12.3. The lowest BCUT2D eigenvalue weighted by Crippen LogP contribution is -2.59. The molecule has 7 nitrogen and oxygen atoms in total. The molecule has 0 spiro atoms. The van der Waals surface area contributed by atoms with Crippen LogP contribution in [0.2, 0.25) is 0 Å². The van der Waals surface area contributed by atoms with Gasteiger partial charge in [-0.2, -0.15) is 5.10 Å². The number of aromatic amines is 1. The van der Waals surface area contributed by atoms with Crippen molar-refractivity contribution in [1.29, 1.82) is 0 Å². The van der Waals surface area contributed by atoms with Gasteiger partial charge in [0, 0.05) is 5.39 Å². The van der Waals surface area contributed by atoms with E-state index in [1.54, 1.807) is 24.3 Å². The van der Waals surface area contributed by atoms with Crippen molar-refractivity contribution in [1.82, 2.24) is 15.5 Å². The molecule has 108 valence electrons. The summed E-state index contributed by atoms with van der Waals surface area (Å²) in [5.41, 5.74) is -1.58. The van der Waals surface area contributed by atoms with E-state index in [0.717, 1.165) is 6.42 Å². The van der Waals surface area contributed by atoms with E-state index in [2.05, 4.69) is 15.5 Å². The van der Waals surface area contributed by atoms with Crippen LogP contribution in [0.15, 0.2) is 29.1 Å². The van der Waals surface area contributed by atoms with Gasteiger partial charge in [0.25, 0.3) is 11.5 Å². The molecule has 2 aromatic rings. The first kappa shape index (κ1) is 13.3. The van der Waals surface area contributed by atoms with Gasteiger partial charge in [-0.15, -0.1) is 0 Å². The summed E-state index contributed by atoms with van der Waals surface area (Å²) >= 11 is 0. The quantitative estimate of drug-likeness (QED) is 0.767. The number of hydrogen-bond donors (Lipinski definition) is 3. The molecule has 1 aromatic heterocycles. The first-order valence-electron chi connectivity index (χ1n) is 6.57. The largest absolute Gasteiger partial charge is 0.480 e. The third-order valence-corrected chi connectivity index (χ3v) is 3.88. The maximum Gasteiger partial charge on any atom is 0.329 e. The summed E-state index contributed by atoms with van der Waals surface area (Å²) in [5.74, 6) is -1.64. The molecule has 21 heavy (non-hydrogen) atoms. The van der Waals surface area contributed by atoms with Gasteiger partial charge >= 0.3 is 5.97 Å². The van der Waals surface area contributed by atoms with Gasteiger partial charge in [0.15, 0.2) is 5.69 Å². The van der Waals surface area contributed by atoms with Crippen molar-refractivity contribution < 1.29 is 14.7 Å². The lowest BCUT2D eigenvalue weighted by molar-refractivity contribution is -0.148. The molecule has 1 aliphatic rings. The van der Waals surface area contributed by atoms with Crippen molar-refractivity contribution in [3.05, 3.63) is 40.3 Å². The summed E-state index contributed by atoms with van der Waals surface area (Å²) in [4.78, 5) is 35.3. The predicted octanol–water partition coefficient (Wildman–Crippen LogP) is 0.660. The molecule has 0 aliphatic heterocycles. The number of benzene rings is 1. The number of carboxylic acid groups (broad SMARTS) is 1. The van der Waals surface area contributed by atoms with Crippen molar-refractivity contribution in [2.45, 2.75) is 24.8 Å². The molecule has 0 atom stereocenters. The minimum Gasteiger partial charge on any atom is -0.480 e. The molecule has 1 heterocycles. The summed E-state index contributed by atoms with van der Waals surface area (Å²) < 4.78 is 0. The summed E-state index contributed by atoms with van der Waals surface area (Å²) in [7, 11) is 0. The molecule has 0 radical (unpaired) electrons.